The Morgan fingerprint density at radius 1 is 1.15 bits per heavy atom. The third-order valence-corrected chi connectivity index (χ3v) is 3.98. The van der Waals surface area contributed by atoms with Crippen molar-refractivity contribution in [3.63, 3.8) is 0 Å². The Hall–Kier alpha value is -1.73. The molecule has 7 nitrogen and oxygen atoms in total. The zero-order chi connectivity index (χ0) is 15.3. The smallest absolute Gasteiger partial charge is 0.339 e. The van der Waals surface area contributed by atoms with Crippen LogP contribution < -0.4 is 0 Å². The number of carbonyl (C=O) groups excluding carboxylic acids is 3. The lowest BCUT2D eigenvalue weighted by Gasteiger charge is -2.37. The van der Waals surface area contributed by atoms with Crippen LogP contribution in [-0.2, 0) is 33.3 Å². The predicted octanol–water partition coefficient (Wildman–Crippen LogP) is -0.0206. The van der Waals surface area contributed by atoms with E-state index in [0.717, 1.165) is 7.11 Å². The summed E-state index contributed by atoms with van der Waals surface area (Å²) in [6.07, 6.45) is 1.33. The summed E-state index contributed by atoms with van der Waals surface area (Å²) in [5, 5.41) is 0. The molecule has 2 aliphatic rings. The highest BCUT2D eigenvalue weighted by atomic mass is 16.7. The van der Waals surface area contributed by atoms with Crippen molar-refractivity contribution in [2.45, 2.75) is 25.2 Å². The van der Waals surface area contributed by atoms with Gasteiger partial charge in [-0.1, -0.05) is 0 Å². The van der Waals surface area contributed by atoms with Gasteiger partial charge in [0.1, 0.15) is 5.60 Å². The van der Waals surface area contributed by atoms with E-state index < -0.39 is 34.5 Å². The second-order valence-corrected chi connectivity index (χ2v) is 5.03. The number of hydrogen-bond donors (Lipinski definition) is 0. The van der Waals surface area contributed by atoms with E-state index in [1.807, 2.05) is 0 Å². The summed E-state index contributed by atoms with van der Waals surface area (Å²) < 4.78 is 20.3. The second kappa shape index (κ2) is 4.13. The van der Waals surface area contributed by atoms with Crippen LogP contribution in [0.5, 0.6) is 0 Å². The number of carbonyl (C=O) groups is 3. The molecule has 0 saturated carbocycles. The van der Waals surface area contributed by atoms with Crippen molar-refractivity contribution in [2.75, 3.05) is 21.3 Å². The van der Waals surface area contributed by atoms with E-state index in [-0.39, 0.29) is 5.57 Å². The zero-order valence-corrected chi connectivity index (χ0v) is 11.9. The van der Waals surface area contributed by atoms with Crippen molar-refractivity contribution in [1.29, 1.82) is 0 Å². The molecular weight excluding hydrogens is 268 g/mol. The Morgan fingerprint density at radius 2 is 1.75 bits per heavy atom. The summed E-state index contributed by atoms with van der Waals surface area (Å²) in [5.41, 5.74) is -3.22. The fraction of sp³-hybridized carbons (Fsp3) is 0.615. The molecule has 110 valence electrons. The van der Waals surface area contributed by atoms with Crippen LogP contribution in [0, 0.1) is 5.41 Å². The third-order valence-electron chi connectivity index (χ3n) is 3.98. The topological polar surface area (TPSA) is 88.1 Å². The van der Waals surface area contributed by atoms with Gasteiger partial charge < -0.3 is 18.9 Å². The molecule has 0 amide bonds. The van der Waals surface area contributed by atoms with Crippen molar-refractivity contribution in [1.82, 2.24) is 0 Å². The number of hydrogen-bond acceptors (Lipinski definition) is 7. The average molecular weight is 284 g/mol. The fourth-order valence-corrected chi connectivity index (χ4v) is 2.97. The van der Waals surface area contributed by atoms with Gasteiger partial charge in [0.25, 0.3) is 0 Å². The first-order chi connectivity index (χ1) is 9.23. The van der Waals surface area contributed by atoms with E-state index in [4.69, 9.17) is 14.2 Å². The van der Waals surface area contributed by atoms with Crippen LogP contribution in [0.4, 0.5) is 0 Å². The minimum atomic E-state index is -1.83. The molecule has 1 saturated heterocycles. The van der Waals surface area contributed by atoms with Crippen LogP contribution in [0.15, 0.2) is 11.6 Å². The van der Waals surface area contributed by atoms with Gasteiger partial charge >= 0.3 is 11.9 Å². The van der Waals surface area contributed by atoms with Gasteiger partial charge in [0.2, 0.25) is 5.79 Å². The Balaban J connectivity index is 2.70. The first kappa shape index (κ1) is 14.7. The summed E-state index contributed by atoms with van der Waals surface area (Å²) in [7, 11) is 3.60. The van der Waals surface area contributed by atoms with Crippen LogP contribution >= 0.6 is 0 Å². The largest absolute Gasteiger partial charge is 0.468 e. The molecule has 0 aliphatic carbocycles. The molecule has 0 aromatic rings. The summed E-state index contributed by atoms with van der Waals surface area (Å²) in [4.78, 5) is 36.5. The molecule has 0 N–H and O–H groups in total. The number of methoxy groups -OCH3 is 3. The average Bonchev–Trinajstić information content (AvgIpc) is 2.86. The minimum Gasteiger partial charge on any atom is -0.468 e. The minimum absolute atomic E-state index is 0.0162. The highest BCUT2D eigenvalue weighted by molar-refractivity contribution is 6.15. The van der Waals surface area contributed by atoms with E-state index in [0.29, 0.717) is 0 Å². The lowest BCUT2D eigenvalue weighted by molar-refractivity contribution is -0.231. The molecule has 2 heterocycles. The van der Waals surface area contributed by atoms with Crippen molar-refractivity contribution in [3.05, 3.63) is 11.6 Å². The highest BCUT2D eigenvalue weighted by Gasteiger charge is 2.78. The number of ketones is 1. The number of esters is 2. The zero-order valence-electron chi connectivity index (χ0n) is 11.9. The maximum Gasteiger partial charge on any atom is 0.339 e. The molecule has 2 aliphatic heterocycles. The molecule has 2 bridgehead atoms. The van der Waals surface area contributed by atoms with Crippen molar-refractivity contribution >= 4 is 17.7 Å². The van der Waals surface area contributed by atoms with Gasteiger partial charge in [0.15, 0.2) is 11.2 Å². The molecule has 0 aromatic carbocycles. The molecule has 0 spiro atoms. The van der Waals surface area contributed by atoms with E-state index in [1.165, 1.54) is 34.1 Å². The summed E-state index contributed by atoms with van der Waals surface area (Å²) in [5.74, 6) is -3.91. The van der Waals surface area contributed by atoms with Gasteiger partial charge in [-0.3, -0.25) is 9.59 Å². The molecule has 7 heteroatoms. The van der Waals surface area contributed by atoms with E-state index >= 15 is 0 Å². The summed E-state index contributed by atoms with van der Waals surface area (Å²) in [6, 6.07) is 0. The Labute approximate surface area is 115 Å². The summed E-state index contributed by atoms with van der Waals surface area (Å²) >= 11 is 0. The fourth-order valence-electron chi connectivity index (χ4n) is 2.97. The molecule has 2 rings (SSSR count). The van der Waals surface area contributed by atoms with Gasteiger partial charge in [0.05, 0.1) is 19.8 Å². The van der Waals surface area contributed by atoms with Crippen LogP contribution in [-0.4, -0.2) is 50.4 Å². The Morgan fingerprint density at radius 3 is 2.20 bits per heavy atom. The van der Waals surface area contributed by atoms with Crippen molar-refractivity contribution in [3.8, 4) is 0 Å². The molecule has 0 unspecified atom stereocenters. The number of rotatable bonds is 3. The maximum absolute atomic E-state index is 12.5. The van der Waals surface area contributed by atoms with Gasteiger partial charge in [-0.2, -0.15) is 0 Å². The number of Topliss-reactive ketones (excluding diaryl/α,β-unsaturated/α-hetero) is 1. The van der Waals surface area contributed by atoms with E-state index in [2.05, 4.69) is 4.74 Å². The van der Waals surface area contributed by atoms with Gasteiger partial charge in [-0.05, 0) is 19.9 Å². The van der Waals surface area contributed by atoms with Gasteiger partial charge in [-0.25, -0.2) is 4.79 Å². The normalized spacial score (nSPS) is 38.6. The van der Waals surface area contributed by atoms with Crippen LogP contribution in [0.25, 0.3) is 0 Å². The molecule has 1 fully saturated rings. The maximum atomic E-state index is 12.5. The molecule has 3 atom stereocenters. The molecular formula is C13H16O7. The lowest BCUT2D eigenvalue weighted by Crippen LogP contribution is -2.57. The molecule has 0 aromatic heterocycles. The number of ether oxygens (including phenoxy) is 4. The first-order valence-electron chi connectivity index (χ1n) is 5.94. The first-order valence-corrected chi connectivity index (χ1v) is 5.94. The lowest BCUT2D eigenvalue weighted by atomic mass is 9.68. The van der Waals surface area contributed by atoms with E-state index in [9.17, 15) is 14.4 Å². The highest BCUT2D eigenvalue weighted by Crippen LogP contribution is 2.58. The second-order valence-electron chi connectivity index (χ2n) is 5.03. The number of fused-ring (bicyclic) bond motifs is 2. The molecule has 0 radical (unpaired) electrons. The van der Waals surface area contributed by atoms with Crippen LogP contribution in [0.3, 0.4) is 0 Å². The standard InChI is InChI=1S/C13H16O7/c1-11-6-7(8(14)17-3)13(19-5,20-11)12(2,9(11)15)10(16)18-4/h6H,1-5H3/t11-,12+,13+/m0/s1. The van der Waals surface area contributed by atoms with Gasteiger partial charge in [-0.15, -0.1) is 0 Å². The van der Waals surface area contributed by atoms with Gasteiger partial charge in [0, 0.05) is 7.11 Å². The quantitative estimate of drug-likeness (QED) is 0.531. The Kier molecular flexibility index (Phi) is 3.03. The summed E-state index contributed by atoms with van der Waals surface area (Å²) in [6.45, 7) is 2.80. The van der Waals surface area contributed by atoms with Crippen LogP contribution in [0.1, 0.15) is 13.8 Å². The molecule has 20 heavy (non-hydrogen) atoms. The van der Waals surface area contributed by atoms with Crippen molar-refractivity contribution < 1.29 is 33.3 Å². The SMILES string of the molecule is COC(=O)C1=C[C@]2(C)O[C@@]1(OC)[C@@](C)(C(=O)OC)C2=O. The van der Waals surface area contributed by atoms with E-state index in [1.54, 1.807) is 0 Å². The Bertz CT molecular complexity index is 537. The third kappa shape index (κ3) is 1.34. The van der Waals surface area contributed by atoms with Crippen molar-refractivity contribution in [2.24, 2.45) is 5.41 Å². The monoisotopic (exact) mass is 284 g/mol. The van der Waals surface area contributed by atoms with Crippen LogP contribution in [0.2, 0.25) is 0 Å². The predicted molar refractivity (Wildman–Crippen MR) is 64.5 cm³/mol.